The van der Waals surface area contributed by atoms with Gasteiger partial charge in [0.25, 0.3) is 0 Å². The summed E-state index contributed by atoms with van der Waals surface area (Å²) in [5.41, 5.74) is 0. The Kier molecular flexibility index (Phi) is 61.1. The molecule has 0 saturated carbocycles. The van der Waals surface area contributed by atoms with Crippen LogP contribution in [0.25, 0.3) is 0 Å². The Morgan fingerprint density at radius 3 is 0.797 bits per heavy atom. The summed E-state index contributed by atoms with van der Waals surface area (Å²) < 4.78 is 16.9. The molecule has 6 heteroatoms. The van der Waals surface area contributed by atoms with Gasteiger partial charge >= 0.3 is 17.9 Å². The lowest BCUT2D eigenvalue weighted by Gasteiger charge is -2.18. The van der Waals surface area contributed by atoms with E-state index in [2.05, 4.69) is 57.2 Å². The summed E-state index contributed by atoms with van der Waals surface area (Å²) >= 11 is 0. The number of allylic oxidation sites excluding steroid dienone is 6. The van der Waals surface area contributed by atoms with E-state index < -0.39 is 6.10 Å². The standard InChI is InChI=1S/C68H126O6/c1-4-7-10-13-16-19-22-25-27-29-31-32-33-34-35-37-38-40-43-46-49-52-55-58-61-67(70)73-64-65(63-72-66(69)60-57-54-51-48-45-42-24-21-18-15-12-9-6-3)74-68(71)62-59-56-53-50-47-44-41-39-36-30-28-26-23-20-17-14-11-8-5-2/h17,20-21,24,26,28,65H,4-16,18-19,22-23,25,27,29-64H2,1-3H3/b20-17-,24-21-,28-26-. The molecule has 434 valence electrons. The molecule has 74 heavy (non-hydrogen) atoms. The number of hydrogen-bond donors (Lipinski definition) is 0. The zero-order valence-corrected chi connectivity index (χ0v) is 49.9. The third kappa shape index (κ3) is 60.5. The van der Waals surface area contributed by atoms with Crippen LogP contribution in [0.5, 0.6) is 0 Å². The molecule has 0 saturated heterocycles. The summed E-state index contributed by atoms with van der Waals surface area (Å²) in [6.45, 7) is 6.65. The fourth-order valence-corrected chi connectivity index (χ4v) is 9.88. The quantitative estimate of drug-likeness (QED) is 0.0261. The van der Waals surface area contributed by atoms with Crippen molar-refractivity contribution in [1.29, 1.82) is 0 Å². The number of esters is 3. The van der Waals surface area contributed by atoms with Crippen molar-refractivity contribution in [2.45, 2.75) is 367 Å². The van der Waals surface area contributed by atoms with Gasteiger partial charge in [-0.1, -0.05) is 301 Å². The van der Waals surface area contributed by atoms with E-state index >= 15 is 0 Å². The minimum atomic E-state index is -0.776. The van der Waals surface area contributed by atoms with Crippen LogP contribution in [0.2, 0.25) is 0 Å². The van der Waals surface area contributed by atoms with Gasteiger partial charge in [-0.25, -0.2) is 0 Å². The maximum absolute atomic E-state index is 12.9. The van der Waals surface area contributed by atoms with Crippen molar-refractivity contribution >= 4 is 17.9 Å². The third-order valence-corrected chi connectivity index (χ3v) is 14.9. The van der Waals surface area contributed by atoms with E-state index in [0.717, 1.165) is 70.6 Å². The normalized spacial score (nSPS) is 12.2. The van der Waals surface area contributed by atoms with E-state index in [1.165, 1.54) is 250 Å². The molecule has 0 amide bonds. The van der Waals surface area contributed by atoms with E-state index in [0.29, 0.717) is 19.3 Å². The molecule has 0 aromatic heterocycles. The summed E-state index contributed by atoms with van der Waals surface area (Å²) in [5, 5.41) is 0. The lowest BCUT2D eigenvalue weighted by atomic mass is 10.0. The van der Waals surface area contributed by atoms with Gasteiger partial charge in [-0.3, -0.25) is 14.4 Å². The number of carbonyl (C=O) groups excluding carboxylic acids is 3. The Hall–Kier alpha value is -2.37. The number of unbranched alkanes of at least 4 members (excludes halogenated alkanes) is 44. The third-order valence-electron chi connectivity index (χ3n) is 14.9. The Labute approximate surface area is 461 Å². The van der Waals surface area contributed by atoms with E-state index in [4.69, 9.17) is 14.2 Å². The fourth-order valence-electron chi connectivity index (χ4n) is 9.88. The highest BCUT2D eigenvalue weighted by atomic mass is 16.6. The zero-order valence-electron chi connectivity index (χ0n) is 49.9. The summed E-state index contributed by atoms with van der Waals surface area (Å²) in [5.74, 6) is -0.862. The van der Waals surface area contributed by atoms with Crippen LogP contribution in [0.15, 0.2) is 36.5 Å². The molecular weight excluding hydrogens is 913 g/mol. The summed E-state index contributed by atoms with van der Waals surface area (Å²) in [7, 11) is 0. The number of ether oxygens (including phenoxy) is 3. The van der Waals surface area contributed by atoms with Crippen LogP contribution >= 0.6 is 0 Å². The van der Waals surface area contributed by atoms with Gasteiger partial charge in [0, 0.05) is 19.3 Å². The highest BCUT2D eigenvalue weighted by Crippen LogP contribution is 2.18. The number of hydrogen-bond acceptors (Lipinski definition) is 6. The van der Waals surface area contributed by atoms with E-state index in [1.807, 2.05) is 0 Å². The lowest BCUT2D eigenvalue weighted by Crippen LogP contribution is -2.30. The predicted octanol–water partition coefficient (Wildman–Crippen LogP) is 22.4. The summed E-state index contributed by atoms with van der Waals surface area (Å²) in [6, 6.07) is 0. The molecule has 0 fully saturated rings. The zero-order chi connectivity index (χ0) is 53.6. The first kappa shape index (κ1) is 71.6. The summed E-state index contributed by atoms with van der Waals surface area (Å²) in [6.07, 6.45) is 77.3. The van der Waals surface area contributed by atoms with Crippen LogP contribution in [0.1, 0.15) is 361 Å². The van der Waals surface area contributed by atoms with Gasteiger partial charge in [-0.05, 0) is 77.0 Å². The minimum Gasteiger partial charge on any atom is -0.462 e. The van der Waals surface area contributed by atoms with Crippen molar-refractivity contribution in [3.63, 3.8) is 0 Å². The van der Waals surface area contributed by atoms with Gasteiger partial charge in [0.15, 0.2) is 6.10 Å². The van der Waals surface area contributed by atoms with Crippen molar-refractivity contribution in [2.75, 3.05) is 13.2 Å². The second-order valence-electron chi connectivity index (χ2n) is 22.4. The Balaban J connectivity index is 4.25. The SMILES string of the molecule is CCCCC/C=C\C/C=C\CCCCCCCCCCCC(=O)OC(COC(=O)CCCCCCC/C=C\CCCCCC)COC(=O)CCCCCCCCCCCCCCCCCCCCCCCCCC. The second kappa shape index (κ2) is 63.2. The van der Waals surface area contributed by atoms with Gasteiger partial charge in [-0.2, -0.15) is 0 Å². The monoisotopic (exact) mass is 1040 g/mol. The van der Waals surface area contributed by atoms with E-state index in [1.54, 1.807) is 0 Å². The average Bonchev–Trinajstić information content (AvgIpc) is 3.40. The smallest absolute Gasteiger partial charge is 0.306 e. The number of rotatable bonds is 61. The highest BCUT2D eigenvalue weighted by Gasteiger charge is 2.19. The molecule has 1 unspecified atom stereocenters. The van der Waals surface area contributed by atoms with Crippen LogP contribution in [0, 0.1) is 0 Å². The molecule has 0 radical (unpaired) electrons. The second-order valence-corrected chi connectivity index (χ2v) is 22.4. The van der Waals surface area contributed by atoms with E-state index in [9.17, 15) is 14.4 Å². The topological polar surface area (TPSA) is 78.9 Å². The Morgan fingerprint density at radius 1 is 0.270 bits per heavy atom. The molecule has 0 spiro atoms. The molecule has 0 rings (SSSR count). The maximum atomic E-state index is 12.9. The first-order chi connectivity index (χ1) is 36.5. The summed E-state index contributed by atoms with van der Waals surface area (Å²) in [4.78, 5) is 38.3. The maximum Gasteiger partial charge on any atom is 0.306 e. The van der Waals surface area contributed by atoms with Crippen LogP contribution in [-0.4, -0.2) is 37.2 Å². The molecule has 0 N–H and O–H groups in total. The molecule has 0 aromatic rings. The molecule has 0 aliphatic rings. The van der Waals surface area contributed by atoms with Crippen LogP contribution in [-0.2, 0) is 28.6 Å². The molecular formula is C68H126O6. The van der Waals surface area contributed by atoms with Crippen LogP contribution in [0.4, 0.5) is 0 Å². The molecule has 6 nitrogen and oxygen atoms in total. The van der Waals surface area contributed by atoms with Crippen molar-refractivity contribution in [3.8, 4) is 0 Å². The molecule has 0 aromatic carbocycles. The van der Waals surface area contributed by atoms with Gasteiger partial charge in [-0.15, -0.1) is 0 Å². The van der Waals surface area contributed by atoms with Crippen molar-refractivity contribution in [3.05, 3.63) is 36.5 Å². The average molecular weight is 1040 g/mol. The predicted molar refractivity (Wildman–Crippen MR) is 321 cm³/mol. The van der Waals surface area contributed by atoms with Gasteiger partial charge in [0.2, 0.25) is 0 Å². The fraction of sp³-hybridized carbons (Fsp3) is 0.868. The van der Waals surface area contributed by atoms with Gasteiger partial charge < -0.3 is 14.2 Å². The highest BCUT2D eigenvalue weighted by molar-refractivity contribution is 5.71. The largest absolute Gasteiger partial charge is 0.462 e. The lowest BCUT2D eigenvalue weighted by molar-refractivity contribution is -0.167. The first-order valence-corrected chi connectivity index (χ1v) is 33.0. The molecule has 0 bridgehead atoms. The van der Waals surface area contributed by atoms with Crippen molar-refractivity contribution < 1.29 is 28.6 Å². The molecule has 0 heterocycles. The molecule has 0 aliphatic carbocycles. The van der Waals surface area contributed by atoms with Gasteiger partial charge in [0.05, 0.1) is 0 Å². The van der Waals surface area contributed by atoms with Crippen molar-refractivity contribution in [2.24, 2.45) is 0 Å². The Morgan fingerprint density at radius 2 is 0.486 bits per heavy atom. The molecule has 0 aliphatic heterocycles. The van der Waals surface area contributed by atoms with Crippen LogP contribution < -0.4 is 0 Å². The molecule has 1 atom stereocenters. The first-order valence-electron chi connectivity index (χ1n) is 33.0. The van der Waals surface area contributed by atoms with E-state index in [-0.39, 0.29) is 31.1 Å². The van der Waals surface area contributed by atoms with Crippen LogP contribution in [0.3, 0.4) is 0 Å². The van der Waals surface area contributed by atoms with Crippen molar-refractivity contribution in [1.82, 2.24) is 0 Å². The number of carbonyl (C=O) groups is 3. The minimum absolute atomic E-state index is 0.0722. The van der Waals surface area contributed by atoms with Gasteiger partial charge in [0.1, 0.15) is 13.2 Å². The Bertz CT molecular complexity index is 1240.